The van der Waals surface area contributed by atoms with E-state index in [2.05, 4.69) is 143 Å². The Bertz CT molecular complexity index is 2210. The lowest BCUT2D eigenvalue weighted by atomic mass is 10.0. The first-order valence-corrected chi connectivity index (χ1v) is 14.4. The first kappa shape index (κ1) is 25.0. The maximum Gasteiger partial charge on any atom is 0.248 e. The van der Waals surface area contributed by atoms with Crippen molar-refractivity contribution < 1.29 is 4.42 Å². The molecule has 43 heavy (non-hydrogen) atoms. The van der Waals surface area contributed by atoms with E-state index in [1.54, 1.807) is 0 Å². The van der Waals surface area contributed by atoms with Crippen LogP contribution in [-0.4, -0.2) is 14.8 Å². The van der Waals surface area contributed by atoms with Crippen molar-refractivity contribution in [2.24, 2.45) is 0 Å². The molecule has 8 aromatic rings. The number of aryl methyl sites for hydroxylation is 1. The lowest BCUT2D eigenvalue weighted by Gasteiger charge is -2.08. The molecule has 0 saturated carbocycles. The molecule has 0 aliphatic carbocycles. The molecule has 4 heteroatoms. The van der Waals surface area contributed by atoms with Crippen LogP contribution in [0.25, 0.3) is 72.7 Å². The molecular weight excluding hydrogens is 526 g/mol. The Balaban J connectivity index is 1.08. The third-order valence-electron chi connectivity index (χ3n) is 8.09. The van der Waals surface area contributed by atoms with Gasteiger partial charge in [-0.1, -0.05) is 96.6 Å². The molecule has 0 bridgehead atoms. The molecule has 2 aromatic heterocycles. The van der Waals surface area contributed by atoms with Crippen molar-refractivity contribution in [1.29, 1.82) is 0 Å². The van der Waals surface area contributed by atoms with E-state index in [9.17, 15) is 0 Å². The number of hydrogen-bond acceptors (Lipinski definition) is 3. The Kier molecular flexibility index (Phi) is 5.97. The molecule has 0 aliphatic rings. The summed E-state index contributed by atoms with van der Waals surface area (Å²) in [5.41, 5.74) is 11.2. The Labute approximate surface area is 249 Å². The van der Waals surface area contributed by atoms with Gasteiger partial charge in [0.15, 0.2) is 0 Å². The standard InChI is InChI=1S/C39H27N3O/c1-26-11-13-27(14-12-26)28-15-19-30(20-16-28)38-40-41-39(43-38)31-21-17-29(18-22-31)32-23-24-37-35(25-32)34-9-5-6-10-36(34)42(37)33-7-3-2-4-8-33/h2-25H,1H3. The highest BCUT2D eigenvalue weighted by Crippen LogP contribution is 2.35. The third kappa shape index (κ3) is 4.50. The zero-order valence-electron chi connectivity index (χ0n) is 23.6. The first-order valence-electron chi connectivity index (χ1n) is 14.4. The van der Waals surface area contributed by atoms with Crippen LogP contribution in [0.1, 0.15) is 5.56 Å². The maximum atomic E-state index is 6.09. The van der Waals surface area contributed by atoms with Gasteiger partial charge in [-0.05, 0) is 83.8 Å². The van der Waals surface area contributed by atoms with Gasteiger partial charge in [0.1, 0.15) is 0 Å². The second kappa shape index (κ2) is 10.3. The summed E-state index contributed by atoms with van der Waals surface area (Å²) >= 11 is 0. The summed E-state index contributed by atoms with van der Waals surface area (Å²) in [7, 11) is 0. The van der Waals surface area contributed by atoms with Crippen LogP contribution >= 0.6 is 0 Å². The van der Waals surface area contributed by atoms with Crippen LogP contribution in [0.3, 0.4) is 0 Å². The van der Waals surface area contributed by atoms with Crippen molar-refractivity contribution in [3.63, 3.8) is 0 Å². The van der Waals surface area contributed by atoms with E-state index in [1.165, 1.54) is 32.9 Å². The maximum absolute atomic E-state index is 6.09. The number of benzene rings is 6. The van der Waals surface area contributed by atoms with E-state index in [0.29, 0.717) is 11.8 Å². The molecule has 0 aliphatic heterocycles. The van der Waals surface area contributed by atoms with E-state index in [4.69, 9.17) is 4.42 Å². The normalized spacial score (nSPS) is 11.4. The van der Waals surface area contributed by atoms with E-state index in [-0.39, 0.29) is 0 Å². The summed E-state index contributed by atoms with van der Waals surface area (Å²) in [6.07, 6.45) is 0. The SMILES string of the molecule is Cc1ccc(-c2ccc(-c3nnc(-c4ccc(-c5ccc6c(c5)c5ccccc5n6-c5ccccc5)cc4)o3)cc2)cc1. The number of aromatic nitrogens is 3. The van der Waals surface area contributed by atoms with Gasteiger partial charge in [-0.15, -0.1) is 10.2 Å². The molecule has 204 valence electrons. The smallest absolute Gasteiger partial charge is 0.248 e. The zero-order valence-corrected chi connectivity index (χ0v) is 23.6. The van der Waals surface area contributed by atoms with Crippen molar-refractivity contribution in [1.82, 2.24) is 14.8 Å². The van der Waals surface area contributed by atoms with Crippen LogP contribution in [0.15, 0.2) is 150 Å². The van der Waals surface area contributed by atoms with E-state index < -0.39 is 0 Å². The quantitative estimate of drug-likeness (QED) is 0.213. The first-order chi connectivity index (χ1) is 21.2. The second-order valence-electron chi connectivity index (χ2n) is 10.9. The molecule has 0 N–H and O–H groups in total. The molecule has 0 unspecified atom stereocenters. The fourth-order valence-electron chi connectivity index (χ4n) is 5.82. The van der Waals surface area contributed by atoms with Crippen molar-refractivity contribution in [3.05, 3.63) is 151 Å². The predicted octanol–water partition coefficient (Wildman–Crippen LogP) is 10.1. The summed E-state index contributed by atoms with van der Waals surface area (Å²) in [5, 5.41) is 11.1. The fraction of sp³-hybridized carbons (Fsp3) is 0.0256. The molecule has 0 radical (unpaired) electrons. The van der Waals surface area contributed by atoms with Crippen molar-refractivity contribution in [2.75, 3.05) is 0 Å². The zero-order chi connectivity index (χ0) is 28.8. The van der Waals surface area contributed by atoms with Crippen molar-refractivity contribution >= 4 is 21.8 Å². The van der Waals surface area contributed by atoms with Gasteiger partial charge in [0.2, 0.25) is 11.8 Å². The van der Waals surface area contributed by atoms with Crippen molar-refractivity contribution in [2.45, 2.75) is 6.92 Å². The van der Waals surface area contributed by atoms with Gasteiger partial charge in [0, 0.05) is 27.6 Å². The minimum Gasteiger partial charge on any atom is -0.416 e. The molecule has 0 fully saturated rings. The molecule has 8 rings (SSSR count). The van der Waals surface area contributed by atoms with E-state index in [0.717, 1.165) is 33.5 Å². The molecule has 0 amide bonds. The highest BCUT2D eigenvalue weighted by atomic mass is 16.4. The monoisotopic (exact) mass is 553 g/mol. The fourth-order valence-corrected chi connectivity index (χ4v) is 5.82. The van der Waals surface area contributed by atoms with Gasteiger partial charge < -0.3 is 8.98 Å². The molecule has 2 heterocycles. The summed E-state index contributed by atoms with van der Waals surface area (Å²) in [6, 6.07) is 50.9. The highest BCUT2D eigenvalue weighted by molar-refractivity contribution is 6.10. The van der Waals surface area contributed by atoms with Crippen LogP contribution in [-0.2, 0) is 0 Å². The number of hydrogen-bond donors (Lipinski definition) is 0. The van der Waals surface area contributed by atoms with Crippen molar-refractivity contribution in [3.8, 4) is 50.8 Å². The Morgan fingerprint density at radius 2 is 0.930 bits per heavy atom. The van der Waals surface area contributed by atoms with Gasteiger partial charge in [-0.2, -0.15) is 0 Å². The molecule has 0 spiro atoms. The minimum atomic E-state index is 0.505. The average molecular weight is 554 g/mol. The average Bonchev–Trinajstić information content (AvgIpc) is 3.69. The Hall–Kier alpha value is -5.74. The lowest BCUT2D eigenvalue weighted by molar-refractivity contribution is 0.584. The number of rotatable bonds is 5. The topological polar surface area (TPSA) is 43.9 Å². The van der Waals surface area contributed by atoms with Crippen LogP contribution in [0.2, 0.25) is 0 Å². The van der Waals surface area contributed by atoms with E-state index >= 15 is 0 Å². The largest absolute Gasteiger partial charge is 0.416 e. The van der Waals surface area contributed by atoms with Gasteiger partial charge in [0.05, 0.1) is 11.0 Å². The van der Waals surface area contributed by atoms with Gasteiger partial charge >= 0.3 is 0 Å². The lowest BCUT2D eigenvalue weighted by Crippen LogP contribution is -1.92. The highest BCUT2D eigenvalue weighted by Gasteiger charge is 2.14. The van der Waals surface area contributed by atoms with Crippen LogP contribution in [0.5, 0.6) is 0 Å². The number of para-hydroxylation sites is 2. The molecule has 6 aromatic carbocycles. The summed E-state index contributed by atoms with van der Waals surface area (Å²) < 4.78 is 8.42. The van der Waals surface area contributed by atoms with E-state index in [1.807, 2.05) is 24.3 Å². The summed E-state index contributed by atoms with van der Waals surface area (Å²) in [5.74, 6) is 1.01. The van der Waals surface area contributed by atoms with Gasteiger partial charge in [-0.3, -0.25) is 0 Å². The third-order valence-corrected chi connectivity index (χ3v) is 8.09. The Morgan fingerprint density at radius 1 is 0.442 bits per heavy atom. The predicted molar refractivity (Wildman–Crippen MR) is 175 cm³/mol. The Morgan fingerprint density at radius 3 is 1.58 bits per heavy atom. The minimum absolute atomic E-state index is 0.505. The molecule has 0 saturated heterocycles. The number of fused-ring (bicyclic) bond motifs is 3. The van der Waals surface area contributed by atoms with Crippen LogP contribution in [0, 0.1) is 6.92 Å². The second-order valence-corrected chi connectivity index (χ2v) is 10.9. The molecular formula is C39H27N3O. The molecule has 0 atom stereocenters. The summed E-state index contributed by atoms with van der Waals surface area (Å²) in [6.45, 7) is 2.10. The van der Waals surface area contributed by atoms with Crippen LogP contribution < -0.4 is 0 Å². The number of nitrogens with zero attached hydrogens (tertiary/aromatic N) is 3. The van der Waals surface area contributed by atoms with Gasteiger partial charge in [0.25, 0.3) is 0 Å². The molecule has 4 nitrogen and oxygen atoms in total. The van der Waals surface area contributed by atoms with Crippen LogP contribution in [0.4, 0.5) is 0 Å². The van der Waals surface area contributed by atoms with Gasteiger partial charge in [-0.25, -0.2) is 0 Å². The summed E-state index contributed by atoms with van der Waals surface area (Å²) in [4.78, 5) is 0.